The molecule has 1 saturated carbocycles. The Kier molecular flexibility index (Phi) is 4.59. The van der Waals surface area contributed by atoms with Crippen molar-refractivity contribution in [2.24, 2.45) is 11.7 Å². The van der Waals surface area contributed by atoms with E-state index in [0.717, 1.165) is 31.4 Å². The standard InChI is InChI=1S/C16H24N2O/c1-12(2)11-18(15-7-8-15)16(19)14-5-3-13(4-6-14)9-10-17/h3-6,12,15H,7-11,17H2,1-2H3. The van der Waals surface area contributed by atoms with Crippen LogP contribution < -0.4 is 5.73 Å². The summed E-state index contributed by atoms with van der Waals surface area (Å²) < 4.78 is 0. The van der Waals surface area contributed by atoms with Crippen LogP contribution in [0.15, 0.2) is 24.3 Å². The average Bonchev–Trinajstić information content (AvgIpc) is 3.20. The fourth-order valence-corrected chi connectivity index (χ4v) is 2.32. The Morgan fingerprint density at radius 3 is 2.42 bits per heavy atom. The summed E-state index contributed by atoms with van der Waals surface area (Å²) in [6.07, 6.45) is 3.18. The molecule has 1 amide bonds. The van der Waals surface area contributed by atoms with Gasteiger partial charge in [0.25, 0.3) is 5.91 Å². The minimum atomic E-state index is 0.176. The molecule has 0 saturated heterocycles. The zero-order valence-corrected chi connectivity index (χ0v) is 11.9. The summed E-state index contributed by atoms with van der Waals surface area (Å²) in [5, 5.41) is 0. The lowest BCUT2D eigenvalue weighted by atomic mass is 10.1. The zero-order chi connectivity index (χ0) is 13.8. The summed E-state index contributed by atoms with van der Waals surface area (Å²) in [4.78, 5) is 14.6. The Labute approximate surface area is 115 Å². The lowest BCUT2D eigenvalue weighted by molar-refractivity contribution is 0.0722. The van der Waals surface area contributed by atoms with Crippen molar-refractivity contribution < 1.29 is 4.79 Å². The van der Waals surface area contributed by atoms with E-state index in [1.807, 2.05) is 29.2 Å². The maximum absolute atomic E-state index is 12.5. The van der Waals surface area contributed by atoms with Crippen molar-refractivity contribution in [3.63, 3.8) is 0 Å². The van der Waals surface area contributed by atoms with Crippen LogP contribution in [0, 0.1) is 5.92 Å². The predicted octanol–water partition coefficient (Wildman–Crippen LogP) is 2.45. The molecule has 1 aromatic rings. The number of hydrogen-bond acceptors (Lipinski definition) is 2. The van der Waals surface area contributed by atoms with E-state index in [4.69, 9.17) is 5.73 Å². The molecule has 3 heteroatoms. The number of carbonyl (C=O) groups is 1. The first kappa shape index (κ1) is 14.1. The second kappa shape index (κ2) is 6.20. The second-order valence-electron chi connectivity index (χ2n) is 5.82. The quantitative estimate of drug-likeness (QED) is 0.854. The molecule has 0 aliphatic heterocycles. The Balaban J connectivity index is 2.07. The van der Waals surface area contributed by atoms with Crippen LogP contribution in [-0.2, 0) is 6.42 Å². The molecule has 0 unspecified atom stereocenters. The summed E-state index contributed by atoms with van der Waals surface area (Å²) in [7, 11) is 0. The van der Waals surface area contributed by atoms with E-state index < -0.39 is 0 Å². The molecule has 1 aliphatic rings. The molecule has 1 fully saturated rings. The van der Waals surface area contributed by atoms with Crippen LogP contribution in [0.25, 0.3) is 0 Å². The van der Waals surface area contributed by atoms with Crippen molar-refractivity contribution in [3.05, 3.63) is 35.4 Å². The van der Waals surface area contributed by atoms with Gasteiger partial charge in [0, 0.05) is 18.2 Å². The van der Waals surface area contributed by atoms with Crippen molar-refractivity contribution >= 4 is 5.91 Å². The molecule has 1 aromatic carbocycles. The minimum Gasteiger partial charge on any atom is -0.335 e. The molecule has 0 radical (unpaired) electrons. The molecule has 2 rings (SSSR count). The second-order valence-corrected chi connectivity index (χ2v) is 5.82. The van der Waals surface area contributed by atoms with Crippen LogP contribution in [0.4, 0.5) is 0 Å². The number of carbonyl (C=O) groups excluding carboxylic acids is 1. The van der Waals surface area contributed by atoms with E-state index in [1.54, 1.807) is 0 Å². The normalized spacial score (nSPS) is 14.7. The number of benzene rings is 1. The molecule has 0 bridgehead atoms. The van der Waals surface area contributed by atoms with Gasteiger partial charge in [-0.15, -0.1) is 0 Å². The fourth-order valence-electron chi connectivity index (χ4n) is 2.32. The fraction of sp³-hybridized carbons (Fsp3) is 0.562. The van der Waals surface area contributed by atoms with E-state index in [-0.39, 0.29) is 5.91 Å². The number of amides is 1. The van der Waals surface area contributed by atoms with Gasteiger partial charge in [0.2, 0.25) is 0 Å². The first-order valence-electron chi connectivity index (χ1n) is 7.21. The number of nitrogens with zero attached hydrogens (tertiary/aromatic N) is 1. The minimum absolute atomic E-state index is 0.176. The summed E-state index contributed by atoms with van der Waals surface area (Å²) >= 11 is 0. The topological polar surface area (TPSA) is 46.3 Å². The molecule has 1 aliphatic carbocycles. The van der Waals surface area contributed by atoms with Gasteiger partial charge in [-0.2, -0.15) is 0 Å². The average molecular weight is 260 g/mol. The van der Waals surface area contributed by atoms with E-state index in [1.165, 1.54) is 5.56 Å². The highest BCUT2D eigenvalue weighted by atomic mass is 16.2. The number of rotatable bonds is 6. The van der Waals surface area contributed by atoms with Gasteiger partial charge in [0.1, 0.15) is 0 Å². The van der Waals surface area contributed by atoms with Gasteiger partial charge in [0.05, 0.1) is 0 Å². The highest BCUT2D eigenvalue weighted by Gasteiger charge is 2.33. The van der Waals surface area contributed by atoms with E-state index in [0.29, 0.717) is 18.5 Å². The lowest BCUT2D eigenvalue weighted by Crippen LogP contribution is -2.36. The molecule has 0 heterocycles. The number of hydrogen-bond donors (Lipinski definition) is 1. The van der Waals surface area contributed by atoms with Crippen molar-refractivity contribution in [1.29, 1.82) is 0 Å². The van der Waals surface area contributed by atoms with Crippen LogP contribution in [0.1, 0.15) is 42.6 Å². The summed E-state index contributed by atoms with van der Waals surface area (Å²) in [5.41, 5.74) is 7.53. The van der Waals surface area contributed by atoms with Gasteiger partial charge in [-0.25, -0.2) is 0 Å². The molecule has 0 aromatic heterocycles. The van der Waals surface area contributed by atoms with Crippen LogP contribution in [0.3, 0.4) is 0 Å². The predicted molar refractivity (Wildman–Crippen MR) is 78.1 cm³/mol. The molecule has 104 valence electrons. The summed E-state index contributed by atoms with van der Waals surface area (Å²) in [6.45, 7) is 5.82. The molecule has 19 heavy (non-hydrogen) atoms. The lowest BCUT2D eigenvalue weighted by Gasteiger charge is -2.24. The zero-order valence-electron chi connectivity index (χ0n) is 11.9. The first-order chi connectivity index (χ1) is 9.11. The Morgan fingerprint density at radius 1 is 1.32 bits per heavy atom. The third-order valence-corrected chi connectivity index (χ3v) is 3.44. The van der Waals surface area contributed by atoms with Crippen molar-refractivity contribution in [2.45, 2.75) is 39.2 Å². The number of nitrogens with two attached hydrogens (primary N) is 1. The van der Waals surface area contributed by atoms with Gasteiger partial charge < -0.3 is 10.6 Å². The molecule has 2 N–H and O–H groups in total. The van der Waals surface area contributed by atoms with Crippen LogP contribution in [0.2, 0.25) is 0 Å². The largest absolute Gasteiger partial charge is 0.335 e. The van der Waals surface area contributed by atoms with Gasteiger partial charge in [-0.05, 0) is 49.4 Å². The van der Waals surface area contributed by atoms with Crippen LogP contribution >= 0.6 is 0 Å². The smallest absolute Gasteiger partial charge is 0.254 e. The van der Waals surface area contributed by atoms with Crippen molar-refractivity contribution in [3.8, 4) is 0 Å². The third kappa shape index (κ3) is 3.80. The van der Waals surface area contributed by atoms with Crippen molar-refractivity contribution in [1.82, 2.24) is 4.90 Å². The van der Waals surface area contributed by atoms with Gasteiger partial charge in [-0.1, -0.05) is 26.0 Å². The summed E-state index contributed by atoms with van der Waals surface area (Å²) in [6, 6.07) is 8.37. The summed E-state index contributed by atoms with van der Waals surface area (Å²) in [5.74, 6) is 0.691. The van der Waals surface area contributed by atoms with Crippen LogP contribution in [0.5, 0.6) is 0 Å². The van der Waals surface area contributed by atoms with Gasteiger partial charge in [0.15, 0.2) is 0 Å². The van der Waals surface area contributed by atoms with Gasteiger partial charge >= 0.3 is 0 Å². The first-order valence-corrected chi connectivity index (χ1v) is 7.21. The molecular formula is C16H24N2O. The monoisotopic (exact) mass is 260 g/mol. The highest BCUT2D eigenvalue weighted by Crippen LogP contribution is 2.29. The molecule has 3 nitrogen and oxygen atoms in total. The molecule has 0 atom stereocenters. The Bertz CT molecular complexity index is 421. The van der Waals surface area contributed by atoms with Crippen LogP contribution in [-0.4, -0.2) is 29.9 Å². The maximum Gasteiger partial charge on any atom is 0.254 e. The van der Waals surface area contributed by atoms with E-state index in [9.17, 15) is 4.79 Å². The van der Waals surface area contributed by atoms with E-state index in [2.05, 4.69) is 13.8 Å². The Morgan fingerprint density at radius 2 is 1.95 bits per heavy atom. The third-order valence-electron chi connectivity index (χ3n) is 3.44. The molecule has 0 spiro atoms. The maximum atomic E-state index is 12.5. The van der Waals surface area contributed by atoms with Crippen molar-refractivity contribution in [2.75, 3.05) is 13.1 Å². The molecular weight excluding hydrogens is 236 g/mol. The van der Waals surface area contributed by atoms with Gasteiger partial charge in [-0.3, -0.25) is 4.79 Å². The van der Waals surface area contributed by atoms with E-state index >= 15 is 0 Å². The SMILES string of the molecule is CC(C)CN(C(=O)c1ccc(CCN)cc1)C1CC1. The highest BCUT2D eigenvalue weighted by molar-refractivity contribution is 5.94. The Hall–Kier alpha value is -1.35.